The van der Waals surface area contributed by atoms with E-state index in [9.17, 15) is 27.2 Å². The SMILES string of the molecule is O=C(O)c1cccn(Cc2ccc(C(F)(F)F)c(F)c2)c1=O. The summed E-state index contributed by atoms with van der Waals surface area (Å²) in [5, 5.41) is 8.83. The zero-order valence-corrected chi connectivity index (χ0v) is 10.9. The zero-order valence-electron chi connectivity index (χ0n) is 10.9. The van der Waals surface area contributed by atoms with Gasteiger partial charge in [0.2, 0.25) is 0 Å². The number of pyridine rings is 1. The van der Waals surface area contributed by atoms with E-state index in [1.807, 2.05) is 0 Å². The Morgan fingerprint density at radius 3 is 2.45 bits per heavy atom. The molecule has 8 heteroatoms. The maximum atomic E-state index is 13.5. The van der Waals surface area contributed by atoms with E-state index in [2.05, 4.69) is 0 Å². The topological polar surface area (TPSA) is 59.3 Å². The number of benzene rings is 1. The van der Waals surface area contributed by atoms with Crippen LogP contribution in [0.25, 0.3) is 0 Å². The van der Waals surface area contributed by atoms with Crippen LogP contribution in [0.1, 0.15) is 21.5 Å². The van der Waals surface area contributed by atoms with Crippen LogP contribution >= 0.6 is 0 Å². The third kappa shape index (κ3) is 3.16. The molecule has 22 heavy (non-hydrogen) atoms. The highest BCUT2D eigenvalue weighted by Gasteiger charge is 2.33. The Hall–Kier alpha value is -2.64. The summed E-state index contributed by atoms with van der Waals surface area (Å²) in [6.45, 7) is -0.241. The van der Waals surface area contributed by atoms with Gasteiger partial charge in [-0.3, -0.25) is 4.79 Å². The fourth-order valence-corrected chi connectivity index (χ4v) is 1.91. The predicted octanol–water partition coefficient (Wildman–Crippen LogP) is 2.75. The molecule has 0 atom stereocenters. The van der Waals surface area contributed by atoms with Gasteiger partial charge < -0.3 is 9.67 Å². The first-order chi connectivity index (χ1) is 10.2. The third-order valence-corrected chi connectivity index (χ3v) is 2.94. The number of carboxylic acids is 1. The van der Waals surface area contributed by atoms with Gasteiger partial charge >= 0.3 is 12.1 Å². The van der Waals surface area contributed by atoms with E-state index in [4.69, 9.17) is 5.11 Å². The van der Waals surface area contributed by atoms with Gasteiger partial charge in [0.15, 0.2) is 0 Å². The van der Waals surface area contributed by atoms with Crippen molar-refractivity contribution >= 4 is 5.97 Å². The van der Waals surface area contributed by atoms with Crippen molar-refractivity contribution in [2.75, 3.05) is 0 Å². The molecule has 0 fully saturated rings. The van der Waals surface area contributed by atoms with E-state index < -0.39 is 34.6 Å². The Balaban J connectivity index is 2.37. The zero-order chi connectivity index (χ0) is 16.5. The highest BCUT2D eigenvalue weighted by molar-refractivity contribution is 5.86. The van der Waals surface area contributed by atoms with E-state index in [0.29, 0.717) is 12.1 Å². The lowest BCUT2D eigenvalue weighted by Gasteiger charge is -2.10. The summed E-state index contributed by atoms with van der Waals surface area (Å²) in [4.78, 5) is 22.7. The summed E-state index contributed by atoms with van der Waals surface area (Å²) >= 11 is 0. The molecule has 4 nitrogen and oxygen atoms in total. The predicted molar refractivity (Wildman–Crippen MR) is 68.2 cm³/mol. The second-order valence-corrected chi connectivity index (χ2v) is 4.47. The maximum Gasteiger partial charge on any atom is 0.419 e. The van der Waals surface area contributed by atoms with Gasteiger partial charge in [-0.05, 0) is 29.8 Å². The second-order valence-electron chi connectivity index (χ2n) is 4.47. The molecule has 1 aromatic heterocycles. The van der Waals surface area contributed by atoms with E-state index in [0.717, 1.165) is 16.7 Å². The van der Waals surface area contributed by atoms with Crippen LogP contribution in [-0.4, -0.2) is 15.6 Å². The molecule has 0 aliphatic heterocycles. The normalized spacial score (nSPS) is 11.5. The Labute approximate surface area is 121 Å². The Bertz CT molecular complexity index is 780. The number of carboxylic acid groups (broad SMARTS) is 1. The Kier molecular flexibility index (Phi) is 4.03. The van der Waals surface area contributed by atoms with E-state index in [1.54, 1.807) is 0 Å². The summed E-state index contributed by atoms with van der Waals surface area (Å²) < 4.78 is 51.8. The summed E-state index contributed by atoms with van der Waals surface area (Å²) in [6, 6.07) is 4.70. The molecule has 2 rings (SSSR count). The monoisotopic (exact) mass is 315 g/mol. The van der Waals surface area contributed by atoms with Crippen LogP contribution in [0.4, 0.5) is 17.6 Å². The molecule has 0 spiro atoms. The quantitative estimate of drug-likeness (QED) is 0.886. The van der Waals surface area contributed by atoms with Crippen molar-refractivity contribution in [2.45, 2.75) is 12.7 Å². The van der Waals surface area contributed by atoms with Gasteiger partial charge in [0, 0.05) is 6.20 Å². The molecular weight excluding hydrogens is 306 g/mol. The van der Waals surface area contributed by atoms with Crippen molar-refractivity contribution in [2.24, 2.45) is 0 Å². The maximum absolute atomic E-state index is 13.5. The molecular formula is C14H9F4NO3. The molecule has 116 valence electrons. The average molecular weight is 315 g/mol. The van der Waals surface area contributed by atoms with Crippen molar-refractivity contribution in [1.29, 1.82) is 0 Å². The molecule has 1 aromatic carbocycles. The number of carbonyl (C=O) groups is 1. The third-order valence-electron chi connectivity index (χ3n) is 2.94. The Morgan fingerprint density at radius 2 is 1.91 bits per heavy atom. The van der Waals surface area contributed by atoms with Crippen molar-refractivity contribution in [1.82, 2.24) is 4.57 Å². The highest BCUT2D eigenvalue weighted by atomic mass is 19.4. The minimum absolute atomic E-state index is 0.107. The van der Waals surface area contributed by atoms with Crippen LogP contribution in [0, 0.1) is 5.82 Å². The molecule has 1 heterocycles. The first-order valence-corrected chi connectivity index (χ1v) is 5.98. The fourth-order valence-electron chi connectivity index (χ4n) is 1.91. The molecule has 0 bridgehead atoms. The molecule has 0 unspecified atom stereocenters. The van der Waals surface area contributed by atoms with Crippen molar-refractivity contribution in [3.8, 4) is 0 Å². The lowest BCUT2D eigenvalue weighted by atomic mass is 10.1. The highest BCUT2D eigenvalue weighted by Crippen LogP contribution is 2.31. The van der Waals surface area contributed by atoms with Crippen LogP contribution in [-0.2, 0) is 12.7 Å². The summed E-state index contributed by atoms with van der Waals surface area (Å²) in [5.74, 6) is -2.87. The molecule has 1 N–H and O–H groups in total. The van der Waals surface area contributed by atoms with Gasteiger partial charge in [-0.15, -0.1) is 0 Å². The smallest absolute Gasteiger partial charge is 0.419 e. The number of nitrogens with zero attached hydrogens (tertiary/aromatic N) is 1. The van der Waals surface area contributed by atoms with E-state index in [-0.39, 0.29) is 12.1 Å². The number of hydrogen-bond donors (Lipinski definition) is 1. The lowest BCUT2D eigenvalue weighted by Crippen LogP contribution is -2.26. The minimum atomic E-state index is -4.80. The summed E-state index contributed by atoms with van der Waals surface area (Å²) in [7, 11) is 0. The van der Waals surface area contributed by atoms with Gasteiger partial charge in [-0.1, -0.05) is 6.07 Å². The number of alkyl halides is 3. The summed E-state index contributed by atoms with van der Waals surface area (Å²) in [5.41, 5.74) is -2.59. The van der Waals surface area contributed by atoms with Crippen LogP contribution in [0.5, 0.6) is 0 Å². The van der Waals surface area contributed by atoms with Crippen LogP contribution in [0.15, 0.2) is 41.3 Å². The average Bonchev–Trinajstić information content (AvgIpc) is 2.39. The molecule has 2 aromatic rings. The number of aromatic carboxylic acids is 1. The van der Waals surface area contributed by atoms with Gasteiger partial charge in [-0.2, -0.15) is 13.2 Å². The van der Waals surface area contributed by atoms with Crippen LogP contribution in [0.3, 0.4) is 0 Å². The number of halogens is 4. The van der Waals surface area contributed by atoms with Gasteiger partial charge in [0.1, 0.15) is 11.4 Å². The fraction of sp³-hybridized carbons (Fsp3) is 0.143. The number of rotatable bonds is 3. The number of aromatic nitrogens is 1. The molecule has 0 aliphatic rings. The summed E-state index contributed by atoms with van der Waals surface area (Å²) in [6.07, 6.45) is -3.53. The van der Waals surface area contributed by atoms with Gasteiger partial charge in [0.25, 0.3) is 5.56 Å². The standard InChI is InChI=1S/C14H9F4NO3/c15-11-6-8(3-4-10(11)14(16,17)18)7-19-5-1-2-9(12(19)20)13(21)22/h1-6H,7H2,(H,21,22). The van der Waals surface area contributed by atoms with Gasteiger partial charge in [0.05, 0.1) is 12.1 Å². The first kappa shape index (κ1) is 15.7. The van der Waals surface area contributed by atoms with Crippen molar-refractivity contribution in [3.63, 3.8) is 0 Å². The first-order valence-electron chi connectivity index (χ1n) is 5.98. The van der Waals surface area contributed by atoms with Crippen LogP contribution < -0.4 is 5.56 Å². The molecule has 0 saturated carbocycles. The van der Waals surface area contributed by atoms with Gasteiger partial charge in [-0.25, -0.2) is 9.18 Å². The van der Waals surface area contributed by atoms with E-state index in [1.165, 1.54) is 12.3 Å². The number of hydrogen-bond acceptors (Lipinski definition) is 2. The molecule has 0 saturated heterocycles. The van der Waals surface area contributed by atoms with Crippen LogP contribution in [0.2, 0.25) is 0 Å². The van der Waals surface area contributed by atoms with Crippen molar-refractivity contribution < 1.29 is 27.5 Å². The Morgan fingerprint density at radius 1 is 1.23 bits per heavy atom. The molecule has 0 radical (unpaired) electrons. The molecule has 0 amide bonds. The lowest BCUT2D eigenvalue weighted by molar-refractivity contribution is -0.140. The van der Waals surface area contributed by atoms with E-state index >= 15 is 0 Å². The largest absolute Gasteiger partial charge is 0.477 e. The van der Waals surface area contributed by atoms with Crippen molar-refractivity contribution in [3.05, 3.63) is 69.4 Å². The second kappa shape index (κ2) is 5.63. The minimum Gasteiger partial charge on any atom is -0.477 e. The molecule has 0 aliphatic carbocycles.